The monoisotopic (exact) mass is 371 g/mol. The molecule has 3 aromatic carbocycles. The van der Waals surface area contributed by atoms with Gasteiger partial charge in [0.2, 0.25) is 0 Å². The van der Waals surface area contributed by atoms with E-state index in [0.29, 0.717) is 22.7 Å². The molecular formula is C24H21NO3. The van der Waals surface area contributed by atoms with Crippen molar-refractivity contribution in [3.8, 4) is 11.5 Å². The molecule has 28 heavy (non-hydrogen) atoms. The Hall–Kier alpha value is -3.27. The van der Waals surface area contributed by atoms with Crippen molar-refractivity contribution in [2.24, 2.45) is 0 Å². The molecule has 0 radical (unpaired) electrons. The number of carbonyl (C=O) groups excluding carboxylic acids is 1. The summed E-state index contributed by atoms with van der Waals surface area (Å²) in [6.07, 6.45) is 0. The molecule has 1 atom stereocenters. The van der Waals surface area contributed by atoms with E-state index in [2.05, 4.69) is 32.9 Å². The normalized spacial score (nSPS) is 19.5. The van der Waals surface area contributed by atoms with E-state index in [4.69, 9.17) is 15.2 Å². The number of fused-ring (bicyclic) bond motifs is 6. The second-order valence-corrected chi connectivity index (χ2v) is 8.43. The van der Waals surface area contributed by atoms with Gasteiger partial charge in [-0.05, 0) is 41.3 Å². The van der Waals surface area contributed by atoms with Crippen LogP contribution < -0.4 is 10.5 Å². The van der Waals surface area contributed by atoms with Gasteiger partial charge in [0.05, 0.1) is 5.56 Å². The Labute approximate surface area is 163 Å². The Bertz CT molecular complexity index is 1140. The van der Waals surface area contributed by atoms with Gasteiger partial charge in [-0.2, -0.15) is 0 Å². The highest BCUT2D eigenvalue weighted by molar-refractivity contribution is 5.97. The molecule has 0 bridgehead atoms. The van der Waals surface area contributed by atoms with Gasteiger partial charge >= 0.3 is 5.97 Å². The lowest BCUT2D eigenvalue weighted by Crippen LogP contribution is -2.33. The minimum atomic E-state index is -1.04. The zero-order valence-corrected chi connectivity index (χ0v) is 16.1. The zero-order chi connectivity index (χ0) is 19.7. The smallest absolute Gasteiger partial charge is 0.340 e. The zero-order valence-electron chi connectivity index (χ0n) is 16.1. The van der Waals surface area contributed by atoms with Crippen molar-refractivity contribution in [1.82, 2.24) is 0 Å². The van der Waals surface area contributed by atoms with Gasteiger partial charge in [-0.15, -0.1) is 0 Å². The molecule has 1 spiro atoms. The molecule has 2 heterocycles. The fraction of sp³-hybridized carbons (Fsp3) is 0.208. The maximum absolute atomic E-state index is 12.8. The first-order chi connectivity index (χ1) is 13.3. The molecule has 140 valence electrons. The fourth-order valence-corrected chi connectivity index (χ4v) is 4.16. The maximum Gasteiger partial charge on any atom is 0.340 e. The highest BCUT2D eigenvalue weighted by Crippen LogP contribution is 2.56. The molecule has 0 saturated heterocycles. The van der Waals surface area contributed by atoms with E-state index >= 15 is 0 Å². The number of ether oxygens (including phenoxy) is 2. The molecule has 0 fully saturated rings. The van der Waals surface area contributed by atoms with Crippen LogP contribution in [0.15, 0.2) is 60.7 Å². The van der Waals surface area contributed by atoms with Gasteiger partial charge < -0.3 is 15.2 Å². The van der Waals surface area contributed by atoms with Crippen molar-refractivity contribution >= 4 is 11.7 Å². The van der Waals surface area contributed by atoms with Gasteiger partial charge in [0.15, 0.2) is 5.60 Å². The average Bonchev–Trinajstić information content (AvgIpc) is 2.94. The quantitative estimate of drug-likeness (QED) is 0.439. The minimum absolute atomic E-state index is 0.0558. The summed E-state index contributed by atoms with van der Waals surface area (Å²) in [5, 5.41) is 0. The number of benzene rings is 3. The molecule has 5 rings (SSSR count). The number of nitrogen functional groups attached to an aromatic ring is 1. The van der Waals surface area contributed by atoms with Gasteiger partial charge in [0.25, 0.3) is 0 Å². The third kappa shape index (κ3) is 2.15. The number of rotatable bonds is 0. The van der Waals surface area contributed by atoms with Crippen molar-refractivity contribution in [3.05, 3.63) is 88.5 Å². The van der Waals surface area contributed by atoms with Crippen molar-refractivity contribution in [2.45, 2.75) is 31.8 Å². The van der Waals surface area contributed by atoms with Gasteiger partial charge in [0.1, 0.15) is 11.5 Å². The van der Waals surface area contributed by atoms with Crippen LogP contribution in [0.5, 0.6) is 11.5 Å². The Kier molecular flexibility index (Phi) is 3.24. The second-order valence-electron chi connectivity index (χ2n) is 8.43. The number of carbonyl (C=O) groups is 1. The Balaban J connectivity index is 1.88. The summed E-state index contributed by atoms with van der Waals surface area (Å²) in [7, 11) is 0. The van der Waals surface area contributed by atoms with Crippen LogP contribution in [0.4, 0.5) is 5.69 Å². The average molecular weight is 371 g/mol. The summed E-state index contributed by atoms with van der Waals surface area (Å²) in [5.74, 6) is 0.962. The van der Waals surface area contributed by atoms with E-state index in [-0.39, 0.29) is 11.4 Å². The van der Waals surface area contributed by atoms with Crippen LogP contribution in [0.2, 0.25) is 0 Å². The van der Waals surface area contributed by atoms with E-state index in [1.807, 2.05) is 42.5 Å². The summed E-state index contributed by atoms with van der Waals surface area (Å²) in [6, 6.07) is 19.2. The molecule has 0 saturated carbocycles. The molecule has 2 aliphatic rings. The molecule has 0 aliphatic carbocycles. The molecule has 2 aliphatic heterocycles. The Morgan fingerprint density at radius 3 is 2.43 bits per heavy atom. The molecule has 4 heteroatoms. The van der Waals surface area contributed by atoms with Crippen molar-refractivity contribution < 1.29 is 14.3 Å². The van der Waals surface area contributed by atoms with Crippen LogP contribution in [-0.2, 0) is 15.8 Å². The highest BCUT2D eigenvalue weighted by atomic mass is 16.6. The third-order valence-electron chi connectivity index (χ3n) is 5.60. The largest absolute Gasteiger partial charge is 0.456 e. The van der Waals surface area contributed by atoms with Crippen LogP contribution in [0, 0.1) is 0 Å². The van der Waals surface area contributed by atoms with E-state index in [0.717, 1.165) is 22.3 Å². The van der Waals surface area contributed by atoms with Crippen LogP contribution in [0.1, 0.15) is 53.4 Å². The number of anilines is 1. The molecule has 1 unspecified atom stereocenters. The van der Waals surface area contributed by atoms with E-state index in [1.54, 1.807) is 6.07 Å². The first kappa shape index (κ1) is 16.9. The predicted octanol–water partition coefficient (Wildman–Crippen LogP) is 5.13. The van der Waals surface area contributed by atoms with Crippen LogP contribution in [0.25, 0.3) is 0 Å². The summed E-state index contributed by atoms with van der Waals surface area (Å²) >= 11 is 0. The summed E-state index contributed by atoms with van der Waals surface area (Å²) in [4.78, 5) is 12.8. The first-order valence-corrected chi connectivity index (χ1v) is 9.36. The SMILES string of the molecule is CC(C)(C)c1ccc2c(c1)C1(OC(=O)c3ccccc31)c1ccc(N)cc1O2. The lowest BCUT2D eigenvalue weighted by Gasteiger charge is -2.37. The van der Waals surface area contributed by atoms with Gasteiger partial charge in [-0.25, -0.2) is 4.79 Å². The highest BCUT2D eigenvalue weighted by Gasteiger charge is 2.53. The molecule has 0 aromatic heterocycles. The summed E-state index contributed by atoms with van der Waals surface area (Å²) in [5.41, 5.74) is 9.71. The number of nitrogens with two attached hydrogens (primary N) is 1. The van der Waals surface area contributed by atoms with E-state index < -0.39 is 5.60 Å². The fourth-order valence-electron chi connectivity index (χ4n) is 4.16. The lowest BCUT2D eigenvalue weighted by molar-refractivity contribution is 0.0224. The van der Waals surface area contributed by atoms with Gasteiger partial charge in [-0.3, -0.25) is 0 Å². The Morgan fingerprint density at radius 2 is 1.64 bits per heavy atom. The molecule has 0 amide bonds. The van der Waals surface area contributed by atoms with Crippen LogP contribution in [-0.4, -0.2) is 5.97 Å². The Morgan fingerprint density at radius 1 is 0.857 bits per heavy atom. The van der Waals surface area contributed by atoms with E-state index in [1.165, 1.54) is 0 Å². The van der Waals surface area contributed by atoms with Gasteiger partial charge in [-0.1, -0.05) is 45.0 Å². The van der Waals surface area contributed by atoms with Crippen molar-refractivity contribution in [3.63, 3.8) is 0 Å². The third-order valence-corrected chi connectivity index (χ3v) is 5.60. The number of hydrogen-bond acceptors (Lipinski definition) is 4. The minimum Gasteiger partial charge on any atom is -0.456 e. The summed E-state index contributed by atoms with van der Waals surface area (Å²) in [6.45, 7) is 6.48. The number of hydrogen-bond donors (Lipinski definition) is 1. The van der Waals surface area contributed by atoms with Crippen molar-refractivity contribution in [1.29, 1.82) is 0 Å². The standard InChI is InChI=1S/C24H21NO3/c1-23(2,3)14-8-11-20-19(12-14)24(18-10-9-15(25)13-21(18)27-20)17-7-5-4-6-16(17)22(26)28-24/h4-13H,25H2,1-3H3. The van der Waals surface area contributed by atoms with Crippen LogP contribution >= 0.6 is 0 Å². The van der Waals surface area contributed by atoms with Gasteiger partial charge in [0, 0.05) is 28.4 Å². The molecule has 3 aromatic rings. The molecule has 4 nitrogen and oxygen atoms in total. The number of esters is 1. The molecular weight excluding hydrogens is 350 g/mol. The topological polar surface area (TPSA) is 61.5 Å². The van der Waals surface area contributed by atoms with E-state index in [9.17, 15) is 4.79 Å². The van der Waals surface area contributed by atoms with Crippen molar-refractivity contribution in [2.75, 3.05) is 5.73 Å². The lowest BCUT2D eigenvalue weighted by atomic mass is 9.75. The maximum atomic E-state index is 12.8. The summed E-state index contributed by atoms with van der Waals surface area (Å²) < 4.78 is 12.4. The second kappa shape index (κ2) is 5.38. The predicted molar refractivity (Wildman–Crippen MR) is 108 cm³/mol. The van der Waals surface area contributed by atoms with Crippen LogP contribution in [0.3, 0.4) is 0 Å². The molecule has 2 N–H and O–H groups in total. The first-order valence-electron chi connectivity index (χ1n) is 9.36.